The van der Waals surface area contributed by atoms with Crippen molar-refractivity contribution >= 4 is 29.1 Å². The van der Waals surface area contributed by atoms with Gasteiger partial charge >= 0.3 is 0 Å². The van der Waals surface area contributed by atoms with Crippen LogP contribution in [0, 0.1) is 16.7 Å². The average Bonchev–Trinajstić information content (AvgIpc) is 3.02. The van der Waals surface area contributed by atoms with Gasteiger partial charge in [0.2, 0.25) is 5.91 Å². The molecule has 0 radical (unpaired) electrons. The summed E-state index contributed by atoms with van der Waals surface area (Å²) in [5.74, 6) is 1.59. The molecular formula is C28H35Cl2NO2. The molecule has 2 fully saturated rings. The van der Waals surface area contributed by atoms with E-state index in [0.29, 0.717) is 6.61 Å². The third-order valence-electron chi connectivity index (χ3n) is 7.64. The van der Waals surface area contributed by atoms with Crippen LogP contribution in [0.3, 0.4) is 0 Å². The standard InChI is InChI=1S/C28H35Cl2NO2/c1-6-28-14-13-22(21-12-11-20(15-23(21)30)33-16-27(3,4)5)24(18-7-9-19(29)10-8-18)25(28)17(2)31-26(28)32/h7-12,15,17,22,24-25H,6,13-14,16H2,1-5H3,(H,31,32)/t17-,22+,24+,25+,28-/m1/s1. The van der Waals surface area contributed by atoms with Crippen LogP contribution in [0.4, 0.5) is 0 Å². The summed E-state index contributed by atoms with van der Waals surface area (Å²) in [6.45, 7) is 11.4. The second-order valence-electron chi connectivity index (χ2n) is 11.1. The number of carbonyl (C=O) groups is 1. The third-order valence-corrected chi connectivity index (χ3v) is 8.22. The largest absolute Gasteiger partial charge is 0.493 e. The van der Waals surface area contributed by atoms with E-state index in [2.05, 4.69) is 58.1 Å². The van der Waals surface area contributed by atoms with Crippen molar-refractivity contribution in [3.05, 3.63) is 63.6 Å². The third kappa shape index (κ3) is 4.64. The number of ether oxygens (including phenoxy) is 1. The molecule has 1 saturated carbocycles. The molecule has 1 aliphatic heterocycles. The molecular weight excluding hydrogens is 453 g/mol. The fraction of sp³-hybridized carbons (Fsp3) is 0.536. The van der Waals surface area contributed by atoms with Crippen LogP contribution in [0.1, 0.15) is 76.8 Å². The molecule has 33 heavy (non-hydrogen) atoms. The van der Waals surface area contributed by atoms with Gasteiger partial charge in [0.25, 0.3) is 0 Å². The first-order valence-corrected chi connectivity index (χ1v) is 12.8. The highest BCUT2D eigenvalue weighted by atomic mass is 35.5. The van der Waals surface area contributed by atoms with Crippen molar-refractivity contribution in [2.75, 3.05) is 6.61 Å². The molecule has 1 saturated heterocycles. The minimum absolute atomic E-state index is 0.0792. The van der Waals surface area contributed by atoms with Gasteiger partial charge in [-0.15, -0.1) is 0 Å². The van der Waals surface area contributed by atoms with Gasteiger partial charge in [-0.1, -0.05) is 69.1 Å². The Labute approximate surface area is 208 Å². The lowest BCUT2D eigenvalue weighted by Crippen LogP contribution is -2.43. The maximum atomic E-state index is 13.1. The maximum Gasteiger partial charge on any atom is 0.226 e. The Balaban J connectivity index is 1.74. The van der Waals surface area contributed by atoms with Gasteiger partial charge in [-0.3, -0.25) is 4.79 Å². The van der Waals surface area contributed by atoms with Crippen LogP contribution in [-0.4, -0.2) is 18.6 Å². The number of rotatable bonds is 5. The lowest BCUT2D eigenvalue weighted by Gasteiger charge is -2.47. The number of nitrogens with one attached hydrogen (secondary N) is 1. The fourth-order valence-corrected chi connectivity index (χ4v) is 6.53. The summed E-state index contributed by atoms with van der Waals surface area (Å²) in [7, 11) is 0. The van der Waals surface area contributed by atoms with Crippen LogP contribution in [-0.2, 0) is 4.79 Å². The predicted molar refractivity (Wildman–Crippen MR) is 136 cm³/mol. The smallest absolute Gasteiger partial charge is 0.226 e. The van der Waals surface area contributed by atoms with Crippen molar-refractivity contribution in [2.45, 2.75) is 71.8 Å². The molecule has 0 spiro atoms. The average molecular weight is 488 g/mol. The van der Waals surface area contributed by atoms with E-state index in [4.69, 9.17) is 27.9 Å². The van der Waals surface area contributed by atoms with Crippen molar-refractivity contribution in [1.82, 2.24) is 5.32 Å². The molecule has 5 heteroatoms. The summed E-state index contributed by atoms with van der Waals surface area (Å²) >= 11 is 13.1. The number of fused-ring (bicyclic) bond motifs is 1. The summed E-state index contributed by atoms with van der Waals surface area (Å²) in [5.41, 5.74) is 2.11. The van der Waals surface area contributed by atoms with Crippen LogP contribution in [0.15, 0.2) is 42.5 Å². The molecule has 1 aliphatic carbocycles. The van der Waals surface area contributed by atoms with E-state index in [0.717, 1.165) is 40.6 Å². The van der Waals surface area contributed by atoms with Crippen LogP contribution in [0.25, 0.3) is 0 Å². The Hall–Kier alpha value is -1.71. The molecule has 2 aliphatic rings. The van der Waals surface area contributed by atoms with E-state index >= 15 is 0 Å². The van der Waals surface area contributed by atoms with E-state index in [1.54, 1.807) is 0 Å². The number of halogens is 2. The van der Waals surface area contributed by atoms with Crippen molar-refractivity contribution in [2.24, 2.45) is 16.7 Å². The minimum atomic E-state index is -0.331. The van der Waals surface area contributed by atoms with Crippen molar-refractivity contribution in [3.8, 4) is 5.75 Å². The lowest BCUT2D eigenvalue weighted by atomic mass is 9.54. The first kappa shape index (κ1) is 24.4. The van der Waals surface area contributed by atoms with E-state index in [9.17, 15) is 4.79 Å². The molecule has 4 rings (SSSR count). The van der Waals surface area contributed by atoms with Crippen LogP contribution in [0.5, 0.6) is 5.75 Å². The van der Waals surface area contributed by atoms with Gasteiger partial charge in [-0.05, 0) is 78.8 Å². The van der Waals surface area contributed by atoms with Crippen LogP contribution >= 0.6 is 23.2 Å². The molecule has 2 aromatic carbocycles. The number of carbonyl (C=O) groups excluding carboxylic acids is 1. The lowest BCUT2D eigenvalue weighted by molar-refractivity contribution is -0.131. The molecule has 3 nitrogen and oxygen atoms in total. The van der Waals surface area contributed by atoms with Crippen LogP contribution in [0.2, 0.25) is 10.0 Å². The zero-order valence-corrected chi connectivity index (χ0v) is 21.8. The van der Waals surface area contributed by atoms with Gasteiger partial charge in [0, 0.05) is 22.0 Å². The summed E-state index contributed by atoms with van der Waals surface area (Å²) in [6, 6.07) is 14.4. The van der Waals surface area contributed by atoms with Gasteiger partial charge in [0.1, 0.15) is 5.75 Å². The normalized spacial score (nSPS) is 29.5. The minimum Gasteiger partial charge on any atom is -0.493 e. The highest BCUT2D eigenvalue weighted by molar-refractivity contribution is 6.31. The molecule has 0 unspecified atom stereocenters. The molecule has 178 valence electrons. The Bertz CT molecular complexity index is 1010. The van der Waals surface area contributed by atoms with Gasteiger partial charge in [-0.25, -0.2) is 0 Å². The number of hydrogen-bond acceptors (Lipinski definition) is 2. The fourth-order valence-electron chi connectivity index (χ4n) is 6.09. The molecule has 0 aromatic heterocycles. The van der Waals surface area contributed by atoms with Gasteiger partial charge < -0.3 is 10.1 Å². The highest BCUT2D eigenvalue weighted by Crippen LogP contribution is 2.60. The molecule has 2 aromatic rings. The Morgan fingerprint density at radius 1 is 1.12 bits per heavy atom. The quantitative estimate of drug-likeness (QED) is 0.470. The predicted octanol–water partition coefficient (Wildman–Crippen LogP) is 7.61. The van der Waals surface area contributed by atoms with E-state index < -0.39 is 0 Å². The van der Waals surface area contributed by atoms with Gasteiger partial charge in [-0.2, -0.15) is 0 Å². The summed E-state index contributed by atoms with van der Waals surface area (Å²) in [5, 5.41) is 4.73. The molecule has 1 N–H and O–H groups in total. The van der Waals surface area contributed by atoms with Crippen molar-refractivity contribution < 1.29 is 9.53 Å². The SMILES string of the molecule is CC[C@@]12CC[C@@H](c3ccc(OCC(C)(C)C)cc3Cl)[C@H](c3ccc(Cl)cc3)[C@@H]1[C@@H](C)NC2=O. The highest BCUT2D eigenvalue weighted by Gasteiger charge is 2.59. The topological polar surface area (TPSA) is 38.3 Å². The van der Waals surface area contributed by atoms with E-state index in [-0.39, 0.29) is 40.5 Å². The Morgan fingerprint density at radius 3 is 2.42 bits per heavy atom. The van der Waals surface area contributed by atoms with Gasteiger partial charge in [0.05, 0.1) is 12.0 Å². The molecule has 5 atom stereocenters. The van der Waals surface area contributed by atoms with Gasteiger partial charge in [0.15, 0.2) is 0 Å². The van der Waals surface area contributed by atoms with Crippen molar-refractivity contribution in [3.63, 3.8) is 0 Å². The number of benzene rings is 2. The first-order chi connectivity index (χ1) is 15.6. The van der Waals surface area contributed by atoms with E-state index in [1.807, 2.05) is 24.3 Å². The zero-order chi connectivity index (χ0) is 24.0. The molecule has 1 amide bonds. The summed E-state index contributed by atoms with van der Waals surface area (Å²) < 4.78 is 6.00. The monoisotopic (exact) mass is 487 g/mol. The first-order valence-electron chi connectivity index (χ1n) is 12.0. The van der Waals surface area contributed by atoms with Crippen molar-refractivity contribution in [1.29, 1.82) is 0 Å². The molecule has 1 heterocycles. The second kappa shape index (κ2) is 9.15. The second-order valence-corrected chi connectivity index (χ2v) is 11.9. The maximum absolute atomic E-state index is 13.1. The van der Waals surface area contributed by atoms with Crippen LogP contribution < -0.4 is 10.1 Å². The molecule has 0 bridgehead atoms. The Kier molecular flexibility index (Phi) is 6.77. The van der Waals surface area contributed by atoms with E-state index in [1.165, 1.54) is 5.56 Å². The summed E-state index contributed by atoms with van der Waals surface area (Å²) in [4.78, 5) is 13.1. The summed E-state index contributed by atoms with van der Waals surface area (Å²) in [6.07, 6.45) is 2.63. The number of amides is 1. The Morgan fingerprint density at radius 2 is 1.82 bits per heavy atom. The number of hydrogen-bond donors (Lipinski definition) is 1. The zero-order valence-electron chi connectivity index (χ0n) is 20.3.